The van der Waals surface area contributed by atoms with Crippen LogP contribution in [0, 0.1) is 10.1 Å². The molecule has 0 saturated heterocycles. The molecular formula is C10H14ClN3O4. The summed E-state index contributed by atoms with van der Waals surface area (Å²) in [7, 11) is 1.56. The first-order valence-corrected chi connectivity index (χ1v) is 5.62. The summed E-state index contributed by atoms with van der Waals surface area (Å²) in [5.41, 5.74) is -0.178. The number of ether oxygens (including phenoxy) is 1. The average molecular weight is 276 g/mol. The Morgan fingerprint density at radius 1 is 1.72 bits per heavy atom. The molecule has 1 aromatic heterocycles. The second-order valence-electron chi connectivity index (χ2n) is 3.59. The fourth-order valence-electron chi connectivity index (χ4n) is 1.30. The molecule has 1 aromatic rings. The lowest BCUT2D eigenvalue weighted by atomic mass is 10.2. The van der Waals surface area contributed by atoms with Gasteiger partial charge in [-0.25, -0.2) is 4.98 Å². The van der Waals surface area contributed by atoms with Crippen LogP contribution in [-0.4, -0.2) is 41.4 Å². The van der Waals surface area contributed by atoms with E-state index in [9.17, 15) is 10.1 Å². The zero-order valence-corrected chi connectivity index (χ0v) is 10.6. The van der Waals surface area contributed by atoms with Crippen LogP contribution in [0.3, 0.4) is 0 Å². The van der Waals surface area contributed by atoms with Crippen molar-refractivity contribution >= 4 is 23.1 Å². The molecule has 0 amide bonds. The third-order valence-corrected chi connectivity index (χ3v) is 2.56. The molecule has 0 aliphatic carbocycles. The summed E-state index contributed by atoms with van der Waals surface area (Å²) in [4.78, 5) is 13.8. The van der Waals surface area contributed by atoms with Gasteiger partial charge in [-0.1, -0.05) is 11.6 Å². The Balaban J connectivity index is 2.74. The highest BCUT2D eigenvalue weighted by Gasteiger charge is 2.14. The highest BCUT2D eigenvalue weighted by molar-refractivity contribution is 6.33. The van der Waals surface area contributed by atoms with Gasteiger partial charge in [0.2, 0.25) is 0 Å². The molecule has 0 spiro atoms. The van der Waals surface area contributed by atoms with Crippen LogP contribution in [0.4, 0.5) is 11.5 Å². The monoisotopic (exact) mass is 275 g/mol. The number of hydrogen-bond acceptors (Lipinski definition) is 6. The number of aliphatic hydroxyl groups is 1. The molecular weight excluding hydrogens is 262 g/mol. The van der Waals surface area contributed by atoms with Gasteiger partial charge in [0.25, 0.3) is 5.69 Å². The van der Waals surface area contributed by atoms with Crippen molar-refractivity contribution in [2.24, 2.45) is 0 Å². The Morgan fingerprint density at radius 3 is 2.94 bits per heavy atom. The van der Waals surface area contributed by atoms with Gasteiger partial charge in [0.05, 0.1) is 22.6 Å². The van der Waals surface area contributed by atoms with Crippen LogP contribution in [0.1, 0.15) is 6.42 Å². The molecule has 1 rings (SSSR count). The number of nitro groups is 1. The molecule has 18 heavy (non-hydrogen) atoms. The van der Waals surface area contributed by atoms with Gasteiger partial charge in [-0.3, -0.25) is 10.1 Å². The summed E-state index contributed by atoms with van der Waals surface area (Å²) in [6.07, 6.45) is 1.68. The number of aromatic nitrogens is 1. The van der Waals surface area contributed by atoms with Gasteiger partial charge >= 0.3 is 0 Å². The largest absolute Gasteiger partial charge is 0.394 e. The van der Waals surface area contributed by atoms with E-state index in [1.54, 1.807) is 7.11 Å². The molecule has 0 aromatic carbocycles. The van der Waals surface area contributed by atoms with Gasteiger partial charge in [-0.05, 0) is 6.42 Å². The van der Waals surface area contributed by atoms with E-state index in [0.29, 0.717) is 18.8 Å². The average Bonchev–Trinajstić information content (AvgIpc) is 2.35. The minimum atomic E-state index is -0.572. The minimum Gasteiger partial charge on any atom is -0.394 e. The lowest BCUT2D eigenvalue weighted by Gasteiger charge is -2.16. The zero-order chi connectivity index (χ0) is 13.5. The van der Waals surface area contributed by atoms with Crippen molar-refractivity contribution in [2.45, 2.75) is 12.5 Å². The highest BCUT2D eigenvalue weighted by atomic mass is 35.5. The molecule has 8 heteroatoms. The Hall–Kier alpha value is -1.44. The van der Waals surface area contributed by atoms with Crippen molar-refractivity contribution in [1.29, 1.82) is 0 Å². The Bertz CT molecular complexity index is 416. The number of methoxy groups -OCH3 is 1. The van der Waals surface area contributed by atoms with E-state index in [-0.39, 0.29) is 23.4 Å². The van der Waals surface area contributed by atoms with Gasteiger partial charge < -0.3 is 15.2 Å². The summed E-state index contributed by atoms with van der Waals surface area (Å²) in [5.74, 6) is 0.303. The van der Waals surface area contributed by atoms with Crippen molar-refractivity contribution in [2.75, 3.05) is 25.6 Å². The summed E-state index contributed by atoms with van der Waals surface area (Å²) in [6.45, 7) is 0.362. The topological polar surface area (TPSA) is 97.5 Å². The van der Waals surface area contributed by atoms with Crippen LogP contribution in [0.5, 0.6) is 0 Å². The third-order valence-electron chi connectivity index (χ3n) is 2.27. The second-order valence-corrected chi connectivity index (χ2v) is 3.99. The number of nitrogens with one attached hydrogen (secondary N) is 1. The van der Waals surface area contributed by atoms with Crippen molar-refractivity contribution in [1.82, 2.24) is 4.98 Å². The van der Waals surface area contributed by atoms with Gasteiger partial charge in [0.1, 0.15) is 12.0 Å². The summed E-state index contributed by atoms with van der Waals surface area (Å²) >= 11 is 5.87. The Kier molecular flexibility index (Phi) is 5.76. The number of aliphatic hydroxyl groups excluding tert-OH is 1. The van der Waals surface area contributed by atoms with Crippen LogP contribution in [0.2, 0.25) is 5.02 Å². The Morgan fingerprint density at radius 2 is 2.44 bits per heavy atom. The quantitative estimate of drug-likeness (QED) is 0.577. The SMILES string of the molecule is COCCC(CO)Nc1ncc([N+](=O)[O-])cc1Cl. The van der Waals surface area contributed by atoms with Crippen molar-refractivity contribution < 1.29 is 14.8 Å². The second kappa shape index (κ2) is 7.10. The fraction of sp³-hybridized carbons (Fsp3) is 0.500. The van der Waals surface area contributed by atoms with Crippen molar-refractivity contribution in [3.63, 3.8) is 0 Å². The van der Waals surface area contributed by atoms with Gasteiger partial charge in [-0.15, -0.1) is 0 Å². The van der Waals surface area contributed by atoms with E-state index in [1.165, 1.54) is 6.07 Å². The molecule has 0 saturated carbocycles. The zero-order valence-electron chi connectivity index (χ0n) is 9.80. The van der Waals surface area contributed by atoms with Crippen molar-refractivity contribution in [3.05, 3.63) is 27.4 Å². The van der Waals surface area contributed by atoms with Crippen LogP contribution in [0.25, 0.3) is 0 Å². The molecule has 0 aliphatic rings. The molecule has 0 radical (unpaired) electrons. The number of pyridine rings is 1. The van der Waals surface area contributed by atoms with E-state index in [2.05, 4.69) is 10.3 Å². The standard InChI is InChI=1S/C10H14ClN3O4/c1-18-3-2-7(6-15)13-10-9(11)4-8(5-12-10)14(16)17/h4-5,7,15H,2-3,6H2,1H3,(H,12,13). The molecule has 1 unspecified atom stereocenters. The molecule has 0 bridgehead atoms. The van der Waals surface area contributed by atoms with E-state index in [4.69, 9.17) is 21.4 Å². The van der Waals surface area contributed by atoms with Crippen LogP contribution < -0.4 is 5.32 Å². The molecule has 0 aliphatic heterocycles. The van der Waals surface area contributed by atoms with Crippen LogP contribution >= 0.6 is 11.6 Å². The lowest BCUT2D eigenvalue weighted by molar-refractivity contribution is -0.385. The summed E-state index contributed by atoms with van der Waals surface area (Å²) < 4.78 is 4.90. The number of hydrogen-bond donors (Lipinski definition) is 2. The first-order valence-electron chi connectivity index (χ1n) is 5.24. The summed E-state index contributed by atoms with van der Waals surface area (Å²) in [5, 5.41) is 22.7. The van der Waals surface area contributed by atoms with E-state index in [1.807, 2.05) is 0 Å². The highest BCUT2D eigenvalue weighted by Crippen LogP contribution is 2.24. The summed E-state index contributed by atoms with van der Waals surface area (Å²) in [6, 6.07) is 0.943. The number of anilines is 1. The molecule has 100 valence electrons. The van der Waals surface area contributed by atoms with Gasteiger partial charge in [0, 0.05) is 19.8 Å². The maximum atomic E-state index is 10.5. The van der Waals surface area contributed by atoms with Gasteiger partial charge in [-0.2, -0.15) is 0 Å². The molecule has 1 heterocycles. The predicted molar refractivity (Wildman–Crippen MR) is 66.9 cm³/mol. The van der Waals surface area contributed by atoms with Crippen molar-refractivity contribution in [3.8, 4) is 0 Å². The number of rotatable bonds is 7. The maximum Gasteiger partial charge on any atom is 0.289 e. The first-order chi connectivity index (χ1) is 8.58. The van der Waals surface area contributed by atoms with E-state index < -0.39 is 4.92 Å². The molecule has 1 atom stereocenters. The van der Waals surface area contributed by atoms with Gasteiger partial charge in [0.15, 0.2) is 0 Å². The first kappa shape index (κ1) is 14.6. The van der Waals surface area contributed by atoms with Crippen LogP contribution in [0.15, 0.2) is 12.3 Å². The molecule has 2 N–H and O–H groups in total. The Labute approximate surface area is 109 Å². The smallest absolute Gasteiger partial charge is 0.289 e. The lowest BCUT2D eigenvalue weighted by Crippen LogP contribution is -2.26. The third kappa shape index (κ3) is 4.10. The predicted octanol–water partition coefficient (Wildman–Crippen LogP) is 1.45. The fourth-order valence-corrected chi connectivity index (χ4v) is 1.51. The van der Waals surface area contributed by atoms with Crippen LogP contribution in [-0.2, 0) is 4.74 Å². The number of halogens is 1. The van der Waals surface area contributed by atoms with E-state index >= 15 is 0 Å². The van der Waals surface area contributed by atoms with E-state index in [0.717, 1.165) is 6.20 Å². The molecule has 7 nitrogen and oxygen atoms in total. The number of nitrogens with zero attached hydrogens (tertiary/aromatic N) is 2. The minimum absolute atomic E-state index is 0.113. The maximum absolute atomic E-state index is 10.5. The molecule has 0 fully saturated rings. The normalized spacial score (nSPS) is 12.2.